The van der Waals surface area contributed by atoms with Crippen LogP contribution < -0.4 is 5.56 Å². The monoisotopic (exact) mass is 382 g/mol. The molecule has 1 amide bonds. The highest BCUT2D eigenvalue weighted by molar-refractivity contribution is 6.20. The average molecular weight is 382 g/mol. The first kappa shape index (κ1) is 18.8. The molecular weight excluding hydrogens is 356 g/mol. The molecular formula is C22H26N2O4. The third kappa shape index (κ3) is 2.95. The fraction of sp³-hybridized carbons (Fsp3) is 0.545. The van der Waals surface area contributed by atoms with Crippen LogP contribution in [0.25, 0.3) is 0 Å². The van der Waals surface area contributed by atoms with Crippen molar-refractivity contribution in [3.8, 4) is 0 Å². The van der Waals surface area contributed by atoms with Gasteiger partial charge in [-0.2, -0.15) is 0 Å². The van der Waals surface area contributed by atoms with Gasteiger partial charge in [0, 0.05) is 23.7 Å². The van der Waals surface area contributed by atoms with Crippen molar-refractivity contribution in [2.24, 2.45) is 5.92 Å². The molecule has 6 heteroatoms. The first-order valence-corrected chi connectivity index (χ1v) is 10.2. The highest BCUT2D eigenvalue weighted by Crippen LogP contribution is 2.39. The lowest BCUT2D eigenvalue weighted by Crippen LogP contribution is -2.60. The summed E-state index contributed by atoms with van der Waals surface area (Å²) in [5, 5.41) is 0. The molecule has 1 saturated carbocycles. The Morgan fingerprint density at radius 3 is 2.25 bits per heavy atom. The average Bonchev–Trinajstić information content (AvgIpc) is 2.59. The van der Waals surface area contributed by atoms with Crippen LogP contribution in [0.1, 0.15) is 78.3 Å². The number of pyridine rings is 1. The number of H-pyrrole nitrogens is 1. The fourth-order valence-corrected chi connectivity index (χ4v) is 5.15. The summed E-state index contributed by atoms with van der Waals surface area (Å²) in [7, 11) is 0. The van der Waals surface area contributed by atoms with E-state index in [1.807, 2.05) is 0 Å². The predicted octanol–water partition coefficient (Wildman–Crippen LogP) is 2.95. The zero-order chi connectivity index (χ0) is 20.0. The second kappa shape index (κ2) is 7.15. The lowest BCUT2D eigenvalue weighted by molar-refractivity contribution is -0.132. The molecule has 2 atom stereocenters. The third-order valence-corrected chi connectivity index (χ3v) is 6.46. The van der Waals surface area contributed by atoms with Crippen molar-refractivity contribution in [1.29, 1.82) is 0 Å². The number of aromatic nitrogens is 1. The van der Waals surface area contributed by atoms with Crippen LogP contribution >= 0.6 is 0 Å². The Morgan fingerprint density at radius 1 is 0.929 bits per heavy atom. The maximum Gasteiger partial charge on any atom is 0.248 e. The minimum Gasteiger partial charge on any atom is -0.325 e. The molecule has 0 spiro atoms. The quantitative estimate of drug-likeness (QED) is 0.809. The van der Waals surface area contributed by atoms with Gasteiger partial charge in [-0.15, -0.1) is 0 Å². The fourth-order valence-electron chi connectivity index (χ4n) is 5.15. The maximum atomic E-state index is 13.5. The molecule has 6 nitrogen and oxygen atoms in total. The lowest BCUT2D eigenvalue weighted by atomic mass is 9.72. The number of amides is 1. The van der Waals surface area contributed by atoms with Crippen molar-refractivity contribution < 1.29 is 14.4 Å². The van der Waals surface area contributed by atoms with Gasteiger partial charge in [-0.3, -0.25) is 19.2 Å². The molecule has 28 heavy (non-hydrogen) atoms. The van der Waals surface area contributed by atoms with E-state index < -0.39 is 17.5 Å². The standard InChI is InChI=1S/C22H26N2O4/c1-12-10-15(25)23-19-17(12)21(27)18-13(2)11-16(26)24(20(18)22(19)28)14-8-6-4-3-5-7-9-14/h10-11,14,18,20H,3-9H2,1-2H3,(H,23,25). The second-order valence-electron chi connectivity index (χ2n) is 8.35. The smallest absolute Gasteiger partial charge is 0.248 e. The Bertz CT molecular complexity index is 934. The van der Waals surface area contributed by atoms with Crippen LogP contribution in [0.2, 0.25) is 0 Å². The van der Waals surface area contributed by atoms with Crippen molar-refractivity contribution in [3.63, 3.8) is 0 Å². The SMILES string of the molecule is CC1=CC(=O)N(C2CCCCCCC2)C2C(=O)c3[nH]c(=O)cc(C)c3C(=O)C12. The summed E-state index contributed by atoms with van der Waals surface area (Å²) in [6, 6.07) is 0.461. The third-order valence-electron chi connectivity index (χ3n) is 6.46. The van der Waals surface area contributed by atoms with Crippen molar-refractivity contribution in [2.75, 3.05) is 0 Å². The topological polar surface area (TPSA) is 87.3 Å². The van der Waals surface area contributed by atoms with Crippen LogP contribution in [0, 0.1) is 12.8 Å². The van der Waals surface area contributed by atoms with Crippen LogP contribution in [0.4, 0.5) is 0 Å². The van der Waals surface area contributed by atoms with Gasteiger partial charge < -0.3 is 9.88 Å². The molecule has 3 aliphatic rings. The molecule has 1 aromatic heterocycles. The Labute approximate surface area is 164 Å². The van der Waals surface area contributed by atoms with Crippen molar-refractivity contribution >= 4 is 17.5 Å². The van der Waals surface area contributed by atoms with Crippen LogP contribution in [0.15, 0.2) is 22.5 Å². The van der Waals surface area contributed by atoms with E-state index in [0.29, 0.717) is 16.7 Å². The van der Waals surface area contributed by atoms with Crippen molar-refractivity contribution in [1.82, 2.24) is 9.88 Å². The van der Waals surface area contributed by atoms with E-state index >= 15 is 0 Å². The zero-order valence-corrected chi connectivity index (χ0v) is 16.4. The number of aryl methyl sites for hydroxylation is 1. The molecule has 2 heterocycles. The summed E-state index contributed by atoms with van der Waals surface area (Å²) in [4.78, 5) is 56.0. The van der Waals surface area contributed by atoms with Gasteiger partial charge in [0.2, 0.25) is 17.2 Å². The number of ketones is 2. The first-order valence-electron chi connectivity index (χ1n) is 10.2. The molecule has 4 rings (SSSR count). The molecule has 1 fully saturated rings. The molecule has 2 unspecified atom stereocenters. The molecule has 0 bridgehead atoms. The van der Waals surface area contributed by atoms with E-state index in [1.165, 1.54) is 18.6 Å². The number of nitrogens with zero attached hydrogens (tertiary/aromatic N) is 1. The number of carbonyl (C=O) groups is 3. The van der Waals surface area contributed by atoms with Crippen LogP contribution in [-0.2, 0) is 4.79 Å². The van der Waals surface area contributed by atoms with Crippen LogP contribution in [0.5, 0.6) is 0 Å². The van der Waals surface area contributed by atoms with Gasteiger partial charge in [-0.05, 0) is 32.3 Å². The van der Waals surface area contributed by atoms with E-state index in [2.05, 4.69) is 4.98 Å². The Balaban J connectivity index is 1.83. The molecule has 1 aliphatic heterocycles. The highest BCUT2D eigenvalue weighted by atomic mass is 16.2. The van der Waals surface area contributed by atoms with E-state index in [0.717, 1.165) is 38.5 Å². The van der Waals surface area contributed by atoms with Gasteiger partial charge in [0.25, 0.3) is 0 Å². The molecule has 2 aliphatic carbocycles. The predicted molar refractivity (Wildman–Crippen MR) is 104 cm³/mol. The van der Waals surface area contributed by atoms with Crippen molar-refractivity contribution in [2.45, 2.75) is 70.9 Å². The highest BCUT2D eigenvalue weighted by Gasteiger charge is 2.51. The molecule has 0 radical (unpaired) electrons. The summed E-state index contributed by atoms with van der Waals surface area (Å²) in [5.41, 5.74) is 1.10. The minimum absolute atomic E-state index is 0.0421. The molecule has 0 aromatic carbocycles. The number of nitrogens with one attached hydrogen (secondary N) is 1. The molecule has 1 N–H and O–H groups in total. The van der Waals surface area contributed by atoms with E-state index in [1.54, 1.807) is 18.7 Å². The summed E-state index contributed by atoms with van der Waals surface area (Å²) < 4.78 is 0. The summed E-state index contributed by atoms with van der Waals surface area (Å²) in [5.74, 6) is -1.34. The molecule has 0 saturated heterocycles. The number of carbonyl (C=O) groups excluding carboxylic acids is 3. The molecule has 148 valence electrons. The summed E-state index contributed by atoms with van der Waals surface area (Å²) in [6.45, 7) is 3.43. The Hall–Kier alpha value is -2.50. The van der Waals surface area contributed by atoms with Gasteiger partial charge >= 0.3 is 0 Å². The van der Waals surface area contributed by atoms with Gasteiger partial charge in [0.15, 0.2) is 5.78 Å². The number of fused-ring (bicyclic) bond motifs is 2. The Kier molecular flexibility index (Phi) is 4.81. The largest absolute Gasteiger partial charge is 0.325 e. The number of Topliss-reactive ketones (excluding diaryl/α,β-unsaturated/α-hetero) is 2. The van der Waals surface area contributed by atoms with Crippen molar-refractivity contribution in [3.05, 3.63) is 44.9 Å². The van der Waals surface area contributed by atoms with Gasteiger partial charge in [-0.1, -0.05) is 37.7 Å². The molecule has 1 aromatic rings. The number of hydrogen-bond acceptors (Lipinski definition) is 4. The van der Waals surface area contributed by atoms with Crippen LogP contribution in [0.3, 0.4) is 0 Å². The Morgan fingerprint density at radius 2 is 1.57 bits per heavy atom. The second-order valence-corrected chi connectivity index (χ2v) is 8.35. The maximum absolute atomic E-state index is 13.5. The normalized spacial score (nSPS) is 26.3. The van der Waals surface area contributed by atoms with Gasteiger partial charge in [-0.25, -0.2) is 0 Å². The van der Waals surface area contributed by atoms with Gasteiger partial charge in [0.05, 0.1) is 11.6 Å². The van der Waals surface area contributed by atoms with E-state index in [-0.39, 0.29) is 29.2 Å². The number of aromatic amines is 1. The zero-order valence-electron chi connectivity index (χ0n) is 16.4. The number of hydrogen-bond donors (Lipinski definition) is 1. The number of rotatable bonds is 1. The lowest BCUT2D eigenvalue weighted by Gasteiger charge is -2.45. The van der Waals surface area contributed by atoms with E-state index in [4.69, 9.17) is 0 Å². The van der Waals surface area contributed by atoms with Gasteiger partial charge in [0.1, 0.15) is 6.04 Å². The minimum atomic E-state index is -0.848. The van der Waals surface area contributed by atoms with E-state index in [9.17, 15) is 19.2 Å². The first-order chi connectivity index (χ1) is 13.4. The summed E-state index contributed by atoms with van der Waals surface area (Å²) >= 11 is 0. The summed E-state index contributed by atoms with van der Waals surface area (Å²) in [6.07, 6.45) is 8.72. The van der Waals surface area contributed by atoms with Crippen LogP contribution in [-0.4, -0.2) is 39.4 Å².